The van der Waals surface area contributed by atoms with Gasteiger partial charge in [0.25, 0.3) is 0 Å². The zero-order valence-electron chi connectivity index (χ0n) is 2.46. The molecule has 0 fully saturated rings. The van der Waals surface area contributed by atoms with Gasteiger partial charge in [-0.15, -0.1) is 0 Å². The van der Waals surface area contributed by atoms with E-state index in [0.717, 1.165) is 0 Å². The monoisotopic (exact) mass is 226 g/mol. The van der Waals surface area contributed by atoms with Crippen molar-refractivity contribution in [3.05, 3.63) is 0 Å². The molecule has 1 radical (unpaired) electrons. The van der Waals surface area contributed by atoms with Gasteiger partial charge in [-0.1, -0.05) is 0 Å². The second kappa shape index (κ2) is 4.33. The van der Waals surface area contributed by atoms with Crippen LogP contribution in [0.2, 0.25) is 0 Å². The Labute approximate surface area is 44.7 Å². The fourth-order valence-electron chi connectivity index (χ4n) is 0. The molecule has 0 amide bonds. The molecule has 1 N–H and O–H groups in total. The first-order valence-corrected chi connectivity index (χ1v) is 9.61. The number of halogens is 1. The van der Waals surface area contributed by atoms with Crippen LogP contribution in [0, 0.1) is 0 Å². The molecule has 0 bridgehead atoms. The van der Waals surface area contributed by atoms with Crippen LogP contribution in [-0.2, 0) is 0 Å². The summed E-state index contributed by atoms with van der Waals surface area (Å²) in [5.74, 6) is 0. The molecule has 0 heterocycles. The van der Waals surface area contributed by atoms with Gasteiger partial charge in [-0.25, -0.2) is 0 Å². The predicted octanol–water partition coefficient (Wildman–Crippen LogP) is 0.175. The van der Waals surface area contributed by atoms with Crippen LogP contribution >= 0.6 is 19.7 Å². The van der Waals surface area contributed by atoms with Crippen LogP contribution in [0.1, 0.15) is 0 Å². The Morgan fingerprint density at radius 3 is 2.25 bits per heavy atom. The molecule has 0 aliphatic rings. The third-order valence-corrected chi connectivity index (χ3v) is 3.80. The molecule has 0 aromatic rings. The second-order valence-electron chi connectivity index (χ2n) is 0.398. The van der Waals surface area contributed by atoms with Crippen molar-refractivity contribution in [3.63, 3.8) is 0 Å². The average Bonchev–Trinajstić information content (AvgIpc) is 1.37. The van der Waals surface area contributed by atoms with Gasteiger partial charge in [-0.2, -0.15) is 0 Å². The third-order valence-electron chi connectivity index (χ3n) is 0.109. The molecule has 0 spiro atoms. The molecule has 0 aromatic carbocycles. The zero-order chi connectivity index (χ0) is 3.41. The van der Waals surface area contributed by atoms with Gasteiger partial charge in [-0.3, -0.25) is 0 Å². The molecule has 0 aliphatic heterocycles. The summed E-state index contributed by atoms with van der Waals surface area (Å²) in [5, 5.41) is 0. The first-order chi connectivity index (χ1) is 1.91. The Morgan fingerprint density at radius 1 is 2.00 bits per heavy atom. The van der Waals surface area contributed by atoms with Gasteiger partial charge in [-0.05, 0) is 0 Å². The Bertz CT molecular complexity index is 10.0. The third kappa shape index (κ3) is 3.33. The molecule has 3 heteroatoms. The van der Waals surface area contributed by atoms with Crippen LogP contribution in [0.3, 0.4) is 0 Å². The number of hydrogen-bond donors (Lipinski definition) is 1. The summed E-state index contributed by atoms with van der Waals surface area (Å²) in [6.07, 6.45) is 0. The standard InChI is InChI=1S/CH4N.Ga.HI/c1-2;;/h2H,1H3;;1H/q-1;+2;/p-1. The van der Waals surface area contributed by atoms with Gasteiger partial charge in [0, 0.05) is 0 Å². The van der Waals surface area contributed by atoms with Crippen molar-refractivity contribution < 1.29 is 0 Å². The maximum atomic E-state index is 3.07. The van der Waals surface area contributed by atoms with Crippen molar-refractivity contribution in [2.24, 2.45) is 0 Å². The van der Waals surface area contributed by atoms with Gasteiger partial charge in [0.1, 0.15) is 0 Å². The maximum absolute atomic E-state index is 3.07. The van der Waals surface area contributed by atoms with Crippen molar-refractivity contribution >= 4 is 33.8 Å². The van der Waals surface area contributed by atoms with E-state index in [4.69, 9.17) is 0 Å². The molecule has 0 atom stereocenters. The average molecular weight is 227 g/mol. The summed E-state index contributed by atoms with van der Waals surface area (Å²) in [6, 6.07) is 0. The minimum absolute atomic E-state index is 0.0325. The molecule has 0 unspecified atom stereocenters. The summed E-state index contributed by atoms with van der Waals surface area (Å²) < 4.78 is 3.07. The van der Waals surface area contributed by atoms with E-state index in [1.165, 1.54) is 0 Å². The van der Waals surface area contributed by atoms with Gasteiger partial charge < -0.3 is 0 Å². The van der Waals surface area contributed by atoms with Gasteiger partial charge in [0.05, 0.1) is 0 Å². The van der Waals surface area contributed by atoms with Crippen molar-refractivity contribution in [3.8, 4) is 0 Å². The van der Waals surface area contributed by atoms with Crippen molar-refractivity contribution in [1.82, 2.24) is 4.02 Å². The van der Waals surface area contributed by atoms with E-state index < -0.39 is 0 Å². The topological polar surface area (TPSA) is 12.0 Å². The molecule has 1 nitrogen and oxygen atoms in total. The Balaban J connectivity index is 1.97. The Kier molecular flexibility index (Phi) is 5.76. The predicted molar refractivity (Wildman–Crippen MR) is 28.8 cm³/mol. The number of hydrogen-bond acceptors (Lipinski definition) is 1. The molecule has 0 saturated heterocycles. The van der Waals surface area contributed by atoms with Gasteiger partial charge >= 0.3 is 44.8 Å². The Morgan fingerprint density at radius 2 is 2.25 bits per heavy atom. The number of rotatable bonds is 1. The summed E-state index contributed by atoms with van der Waals surface area (Å²) in [5.41, 5.74) is 0. The van der Waals surface area contributed by atoms with E-state index >= 15 is 0 Å². The van der Waals surface area contributed by atoms with Crippen molar-refractivity contribution in [1.29, 1.82) is 0 Å². The normalized spacial score (nSPS) is 6.50. The SMILES string of the molecule is C[NH][Ga][I]. The molecular weight excluding hydrogens is 223 g/mol. The van der Waals surface area contributed by atoms with Crippen molar-refractivity contribution in [2.75, 3.05) is 7.05 Å². The second-order valence-corrected chi connectivity index (χ2v) is 5.30. The summed E-state index contributed by atoms with van der Waals surface area (Å²) in [7, 11) is 1.99. The minimum atomic E-state index is 0.0325. The van der Waals surface area contributed by atoms with Gasteiger partial charge in [0.2, 0.25) is 0 Å². The molecule has 0 aromatic heterocycles. The van der Waals surface area contributed by atoms with E-state index in [1.54, 1.807) is 0 Å². The van der Waals surface area contributed by atoms with E-state index in [2.05, 4.69) is 23.7 Å². The van der Waals surface area contributed by atoms with Crippen LogP contribution in [0.15, 0.2) is 0 Å². The Hall–Kier alpha value is 1.33. The molecule has 0 aliphatic carbocycles. The van der Waals surface area contributed by atoms with Crippen LogP contribution < -0.4 is 4.02 Å². The fraction of sp³-hybridized carbons (Fsp3) is 1.00. The van der Waals surface area contributed by atoms with Crippen molar-refractivity contribution in [2.45, 2.75) is 0 Å². The summed E-state index contributed by atoms with van der Waals surface area (Å²) in [6.45, 7) is 0. The number of nitrogens with one attached hydrogen (secondary N) is 1. The van der Waals surface area contributed by atoms with Crippen LogP contribution in [0.4, 0.5) is 0 Å². The van der Waals surface area contributed by atoms with Crippen LogP contribution in [0.25, 0.3) is 0 Å². The molecule has 0 saturated carbocycles. The van der Waals surface area contributed by atoms with E-state index in [0.29, 0.717) is 0 Å². The van der Waals surface area contributed by atoms with E-state index in [1.807, 2.05) is 7.05 Å². The summed E-state index contributed by atoms with van der Waals surface area (Å²) >= 11 is 2.43. The quantitative estimate of drug-likeness (QED) is 0.497. The van der Waals surface area contributed by atoms with Gasteiger partial charge in [0.15, 0.2) is 0 Å². The molecule has 0 rings (SSSR count). The zero-order valence-corrected chi connectivity index (χ0v) is 7.04. The first kappa shape index (κ1) is 5.33. The van der Waals surface area contributed by atoms with Crippen LogP contribution in [0.5, 0.6) is 0 Å². The van der Waals surface area contributed by atoms with Crippen LogP contribution in [-0.4, -0.2) is 21.1 Å². The molecular formula is CH4GaIN. The van der Waals surface area contributed by atoms with E-state index in [-0.39, 0.29) is 14.1 Å². The van der Waals surface area contributed by atoms with E-state index in [9.17, 15) is 0 Å². The summed E-state index contributed by atoms with van der Waals surface area (Å²) in [4.78, 5) is 0. The fourth-order valence-corrected chi connectivity index (χ4v) is 0. The molecule has 4 heavy (non-hydrogen) atoms. The molecule has 23 valence electrons. The first-order valence-electron chi connectivity index (χ1n) is 1.01.